The molecule has 7 heteroatoms. The van der Waals surface area contributed by atoms with Crippen LogP contribution in [-0.2, 0) is 9.53 Å². The third-order valence-electron chi connectivity index (χ3n) is 4.20. The number of anilines is 1. The van der Waals surface area contributed by atoms with Crippen molar-refractivity contribution in [3.8, 4) is 5.75 Å². The first kappa shape index (κ1) is 19.4. The predicted molar refractivity (Wildman–Crippen MR) is 102 cm³/mol. The number of carbonyl (C=O) groups is 2. The molecule has 1 amide bonds. The molecule has 3 rings (SSSR count). The van der Waals surface area contributed by atoms with Crippen molar-refractivity contribution in [2.75, 3.05) is 11.9 Å². The molecule has 0 aliphatic rings. The number of carbonyl (C=O) groups excluding carboxylic acids is 2. The summed E-state index contributed by atoms with van der Waals surface area (Å²) >= 11 is 0. The van der Waals surface area contributed by atoms with Crippen LogP contribution < -0.4 is 10.1 Å². The van der Waals surface area contributed by atoms with E-state index in [4.69, 9.17) is 13.9 Å². The quantitative estimate of drug-likeness (QED) is 0.634. The molecule has 6 nitrogen and oxygen atoms in total. The average Bonchev–Trinajstić information content (AvgIpc) is 3.02. The normalized spacial score (nSPS) is 11.9. The Hall–Kier alpha value is -3.35. The fourth-order valence-electron chi connectivity index (χ4n) is 2.76. The van der Waals surface area contributed by atoms with Gasteiger partial charge < -0.3 is 19.2 Å². The first-order valence-electron chi connectivity index (χ1n) is 8.83. The Balaban J connectivity index is 1.73. The molecule has 0 radical (unpaired) electrons. The fourth-order valence-corrected chi connectivity index (χ4v) is 2.76. The van der Waals surface area contributed by atoms with E-state index < -0.39 is 23.8 Å². The number of rotatable bonds is 6. The molecule has 0 saturated carbocycles. The van der Waals surface area contributed by atoms with Crippen LogP contribution in [0.4, 0.5) is 10.1 Å². The van der Waals surface area contributed by atoms with Crippen molar-refractivity contribution in [2.24, 2.45) is 0 Å². The number of halogens is 1. The highest BCUT2D eigenvalue weighted by Gasteiger charge is 2.25. The second-order valence-electron chi connectivity index (χ2n) is 6.14. The minimum atomic E-state index is -1.10. The summed E-state index contributed by atoms with van der Waals surface area (Å²) in [6, 6.07) is 11.4. The molecule has 0 fully saturated rings. The Morgan fingerprint density at radius 2 is 1.93 bits per heavy atom. The van der Waals surface area contributed by atoms with Gasteiger partial charge in [-0.15, -0.1) is 0 Å². The molecule has 0 unspecified atom stereocenters. The van der Waals surface area contributed by atoms with Crippen molar-refractivity contribution in [3.63, 3.8) is 0 Å². The standard InChI is InChI=1S/C21H20FNO5/c1-4-26-17-11-6-5-10-16(17)23-20(24)13(3)27-21(25)18-12(2)14-8-7-9-15(22)19(14)28-18/h5-11,13H,4H2,1-3H3,(H,23,24)/t13-/m0/s1. The van der Waals surface area contributed by atoms with E-state index >= 15 is 0 Å². The predicted octanol–water partition coefficient (Wildman–Crippen LogP) is 4.46. The smallest absolute Gasteiger partial charge is 0.375 e. The summed E-state index contributed by atoms with van der Waals surface area (Å²) in [5.74, 6) is -1.55. The van der Waals surface area contributed by atoms with E-state index in [1.54, 1.807) is 37.3 Å². The SMILES string of the molecule is CCOc1ccccc1NC(=O)[C@H](C)OC(=O)c1oc2c(F)cccc2c1C. The van der Waals surface area contributed by atoms with Crippen LogP contribution in [0.3, 0.4) is 0 Å². The van der Waals surface area contributed by atoms with E-state index in [-0.39, 0.29) is 11.3 Å². The average molecular weight is 385 g/mol. The Kier molecular flexibility index (Phi) is 5.63. The second-order valence-corrected chi connectivity index (χ2v) is 6.14. The number of amides is 1. The van der Waals surface area contributed by atoms with Crippen LogP contribution in [0.2, 0.25) is 0 Å². The molecule has 2 aromatic carbocycles. The van der Waals surface area contributed by atoms with Crippen molar-refractivity contribution in [3.05, 3.63) is 59.6 Å². The molecule has 1 atom stereocenters. The number of aryl methyl sites for hydroxylation is 1. The molecule has 28 heavy (non-hydrogen) atoms. The van der Waals surface area contributed by atoms with Gasteiger partial charge >= 0.3 is 5.97 Å². The van der Waals surface area contributed by atoms with Crippen LogP contribution >= 0.6 is 0 Å². The minimum Gasteiger partial charge on any atom is -0.492 e. The highest BCUT2D eigenvalue weighted by molar-refractivity contribution is 6.00. The molecule has 0 saturated heterocycles. The Labute approximate surface area is 161 Å². The summed E-state index contributed by atoms with van der Waals surface area (Å²) in [4.78, 5) is 24.9. The fraction of sp³-hybridized carbons (Fsp3) is 0.238. The van der Waals surface area contributed by atoms with Gasteiger partial charge in [-0.05, 0) is 39.0 Å². The van der Waals surface area contributed by atoms with E-state index in [0.717, 1.165) is 0 Å². The van der Waals surface area contributed by atoms with E-state index in [1.165, 1.54) is 19.1 Å². The van der Waals surface area contributed by atoms with Gasteiger partial charge in [0.05, 0.1) is 12.3 Å². The molecule has 1 N–H and O–H groups in total. The molecule has 1 aromatic heterocycles. The summed E-state index contributed by atoms with van der Waals surface area (Å²) in [5, 5.41) is 3.15. The van der Waals surface area contributed by atoms with Gasteiger partial charge in [0, 0.05) is 10.9 Å². The number of benzene rings is 2. The monoisotopic (exact) mass is 385 g/mol. The van der Waals surface area contributed by atoms with Crippen LogP contribution in [0.25, 0.3) is 11.0 Å². The van der Waals surface area contributed by atoms with E-state index in [0.29, 0.717) is 29.0 Å². The number of fused-ring (bicyclic) bond motifs is 1. The van der Waals surface area contributed by atoms with Gasteiger partial charge in [0.1, 0.15) is 5.75 Å². The summed E-state index contributed by atoms with van der Waals surface area (Å²) < 4.78 is 29.9. The lowest BCUT2D eigenvalue weighted by Gasteiger charge is -2.15. The Morgan fingerprint density at radius 3 is 2.64 bits per heavy atom. The van der Waals surface area contributed by atoms with Crippen LogP contribution in [-0.4, -0.2) is 24.6 Å². The van der Waals surface area contributed by atoms with Crippen molar-refractivity contribution in [2.45, 2.75) is 26.9 Å². The first-order valence-corrected chi connectivity index (χ1v) is 8.83. The lowest BCUT2D eigenvalue weighted by atomic mass is 10.1. The van der Waals surface area contributed by atoms with E-state index in [2.05, 4.69) is 5.32 Å². The minimum absolute atomic E-state index is 0.0188. The number of ether oxygens (including phenoxy) is 2. The zero-order valence-electron chi connectivity index (χ0n) is 15.7. The van der Waals surface area contributed by atoms with Crippen molar-refractivity contribution >= 4 is 28.5 Å². The van der Waals surface area contributed by atoms with Crippen LogP contribution in [0.15, 0.2) is 46.9 Å². The molecule has 3 aromatic rings. The molecule has 1 heterocycles. The zero-order chi connectivity index (χ0) is 20.3. The number of hydrogen-bond donors (Lipinski definition) is 1. The maximum absolute atomic E-state index is 13.9. The number of esters is 1. The zero-order valence-corrected chi connectivity index (χ0v) is 15.7. The largest absolute Gasteiger partial charge is 0.492 e. The topological polar surface area (TPSA) is 77.8 Å². The van der Waals surface area contributed by atoms with Crippen molar-refractivity contribution < 1.29 is 27.9 Å². The molecule has 0 bridgehead atoms. The van der Waals surface area contributed by atoms with Gasteiger partial charge in [0.15, 0.2) is 17.5 Å². The number of para-hydroxylation sites is 3. The number of nitrogens with one attached hydrogen (secondary N) is 1. The lowest BCUT2D eigenvalue weighted by Crippen LogP contribution is -2.30. The van der Waals surface area contributed by atoms with Gasteiger partial charge in [0.25, 0.3) is 5.91 Å². The molecular formula is C21H20FNO5. The highest BCUT2D eigenvalue weighted by Crippen LogP contribution is 2.28. The third kappa shape index (κ3) is 3.83. The van der Waals surface area contributed by atoms with E-state index in [1.807, 2.05) is 6.92 Å². The summed E-state index contributed by atoms with van der Waals surface area (Å²) in [5.41, 5.74) is 0.905. The van der Waals surface area contributed by atoms with Crippen LogP contribution in [0.5, 0.6) is 5.75 Å². The van der Waals surface area contributed by atoms with Gasteiger partial charge in [-0.3, -0.25) is 4.79 Å². The van der Waals surface area contributed by atoms with Crippen LogP contribution in [0.1, 0.15) is 30.0 Å². The number of hydrogen-bond acceptors (Lipinski definition) is 5. The van der Waals surface area contributed by atoms with Gasteiger partial charge in [-0.25, -0.2) is 9.18 Å². The van der Waals surface area contributed by atoms with E-state index in [9.17, 15) is 14.0 Å². The van der Waals surface area contributed by atoms with Crippen molar-refractivity contribution in [1.82, 2.24) is 0 Å². The summed E-state index contributed by atoms with van der Waals surface area (Å²) in [7, 11) is 0. The first-order chi connectivity index (χ1) is 13.4. The lowest BCUT2D eigenvalue weighted by molar-refractivity contribution is -0.123. The van der Waals surface area contributed by atoms with Crippen LogP contribution in [0, 0.1) is 12.7 Å². The third-order valence-corrected chi connectivity index (χ3v) is 4.20. The number of furan rings is 1. The summed E-state index contributed by atoms with van der Waals surface area (Å²) in [6.45, 7) is 5.35. The van der Waals surface area contributed by atoms with Gasteiger partial charge in [-0.1, -0.05) is 24.3 Å². The molecule has 0 aliphatic carbocycles. The maximum atomic E-state index is 13.9. The second kappa shape index (κ2) is 8.12. The van der Waals surface area contributed by atoms with Gasteiger partial charge in [-0.2, -0.15) is 0 Å². The van der Waals surface area contributed by atoms with Crippen molar-refractivity contribution in [1.29, 1.82) is 0 Å². The summed E-state index contributed by atoms with van der Waals surface area (Å²) in [6.07, 6.45) is -1.10. The highest BCUT2D eigenvalue weighted by atomic mass is 19.1. The Bertz CT molecular complexity index is 1030. The van der Waals surface area contributed by atoms with Gasteiger partial charge in [0.2, 0.25) is 5.76 Å². The molecule has 146 valence electrons. The molecular weight excluding hydrogens is 365 g/mol. The maximum Gasteiger partial charge on any atom is 0.375 e. The Morgan fingerprint density at radius 1 is 1.18 bits per heavy atom. The molecule has 0 spiro atoms. The molecule has 0 aliphatic heterocycles.